The van der Waals surface area contributed by atoms with Gasteiger partial charge in [0.15, 0.2) is 0 Å². The topological polar surface area (TPSA) is 131 Å². The third-order valence-corrected chi connectivity index (χ3v) is 5.06. The summed E-state index contributed by atoms with van der Waals surface area (Å²) in [4.78, 5) is 53.4. The summed E-state index contributed by atoms with van der Waals surface area (Å²) in [6.45, 7) is 18.0. The fraction of sp³-hybridized carbons (Fsp3) is 0.630. The van der Waals surface area contributed by atoms with Gasteiger partial charge < -0.3 is 26.0 Å². The molecule has 1 aromatic carbocycles. The van der Waals surface area contributed by atoms with Gasteiger partial charge >= 0.3 is 6.09 Å². The number of benzene rings is 1. The molecule has 0 radical (unpaired) electrons. The van der Waals surface area contributed by atoms with Crippen LogP contribution in [0.4, 0.5) is 4.79 Å². The molecule has 0 aromatic heterocycles. The van der Waals surface area contributed by atoms with Crippen molar-refractivity contribution in [1.29, 1.82) is 0 Å². The standard InChI is InChI=1S/C27H44N4O5/c1-11-17-12-14-18(15-13-17)21(22(33)30-25(2,3)4)31(26(5,6)7)23(34)19(16-20(28)32)29-24(35)36-27(8,9)10/h12-15,19,21H,11,16H2,1-10H3,(H2,28,32)(H,29,35)(H,30,33). The molecule has 0 fully saturated rings. The monoisotopic (exact) mass is 504 g/mol. The van der Waals surface area contributed by atoms with Gasteiger partial charge in [-0.3, -0.25) is 14.4 Å². The number of nitrogens with one attached hydrogen (secondary N) is 2. The molecular weight excluding hydrogens is 460 g/mol. The Morgan fingerprint density at radius 3 is 1.86 bits per heavy atom. The van der Waals surface area contributed by atoms with Crippen LogP contribution in [0.25, 0.3) is 0 Å². The molecule has 0 saturated heterocycles. The van der Waals surface area contributed by atoms with E-state index in [0.717, 1.165) is 12.0 Å². The number of carbonyl (C=O) groups is 4. The molecular formula is C27H44N4O5. The molecule has 9 heteroatoms. The van der Waals surface area contributed by atoms with Crippen LogP contribution in [0.3, 0.4) is 0 Å². The largest absolute Gasteiger partial charge is 0.444 e. The summed E-state index contributed by atoms with van der Waals surface area (Å²) in [6, 6.07) is 5.12. The van der Waals surface area contributed by atoms with Crippen LogP contribution < -0.4 is 16.4 Å². The molecule has 1 aromatic rings. The van der Waals surface area contributed by atoms with Gasteiger partial charge in [0.25, 0.3) is 0 Å². The van der Waals surface area contributed by atoms with Gasteiger partial charge in [-0.1, -0.05) is 31.2 Å². The minimum absolute atomic E-state index is 0.384. The van der Waals surface area contributed by atoms with Crippen LogP contribution in [0.5, 0.6) is 0 Å². The minimum atomic E-state index is -1.32. The zero-order chi connectivity index (χ0) is 28.1. The second-order valence-corrected chi connectivity index (χ2v) is 12.0. The van der Waals surface area contributed by atoms with Crippen molar-refractivity contribution < 1.29 is 23.9 Å². The maximum atomic E-state index is 14.0. The van der Waals surface area contributed by atoms with Crippen molar-refractivity contribution in [1.82, 2.24) is 15.5 Å². The highest BCUT2D eigenvalue weighted by Crippen LogP contribution is 2.31. The highest BCUT2D eigenvalue weighted by Gasteiger charge is 2.42. The summed E-state index contributed by atoms with van der Waals surface area (Å²) in [5.74, 6) is -1.79. The summed E-state index contributed by atoms with van der Waals surface area (Å²) in [7, 11) is 0. The second kappa shape index (κ2) is 11.8. The van der Waals surface area contributed by atoms with Gasteiger partial charge in [-0.2, -0.15) is 0 Å². The second-order valence-electron chi connectivity index (χ2n) is 12.0. The lowest BCUT2D eigenvalue weighted by Crippen LogP contribution is -2.60. The molecule has 0 heterocycles. The smallest absolute Gasteiger partial charge is 0.408 e. The average molecular weight is 505 g/mol. The van der Waals surface area contributed by atoms with E-state index in [1.165, 1.54) is 4.90 Å². The number of nitrogens with zero attached hydrogens (tertiary/aromatic N) is 1. The zero-order valence-electron chi connectivity index (χ0n) is 23.4. The van der Waals surface area contributed by atoms with Crippen LogP contribution >= 0.6 is 0 Å². The number of primary amides is 1. The predicted octanol–water partition coefficient (Wildman–Crippen LogP) is 3.60. The maximum absolute atomic E-state index is 14.0. The Bertz CT molecular complexity index is 937. The lowest BCUT2D eigenvalue weighted by Gasteiger charge is -2.43. The fourth-order valence-corrected chi connectivity index (χ4v) is 3.66. The number of nitrogens with two attached hydrogens (primary N) is 1. The molecule has 2 unspecified atom stereocenters. The Morgan fingerprint density at radius 1 is 0.944 bits per heavy atom. The zero-order valence-corrected chi connectivity index (χ0v) is 23.4. The molecule has 0 aliphatic rings. The summed E-state index contributed by atoms with van der Waals surface area (Å²) < 4.78 is 5.30. The molecule has 0 aliphatic heterocycles. The van der Waals surface area contributed by atoms with Crippen LogP contribution in [-0.2, 0) is 25.5 Å². The third-order valence-electron chi connectivity index (χ3n) is 5.06. The van der Waals surface area contributed by atoms with Crippen molar-refractivity contribution in [2.45, 2.75) is 111 Å². The first-order valence-electron chi connectivity index (χ1n) is 12.3. The Balaban J connectivity index is 3.62. The molecule has 9 nitrogen and oxygen atoms in total. The quantitative estimate of drug-likeness (QED) is 0.498. The molecule has 202 valence electrons. The van der Waals surface area contributed by atoms with Gasteiger partial charge in [-0.15, -0.1) is 0 Å². The number of hydrogen-bond acceptors (Lipinski definition) is 5. The first kappa shape index (κ1) is 30.9. The number of aryl methyl sites for hydroxylation is 1. The predicted molar refractivity (Wildman–Crippen MR) is 140 cm³/mol. The fourth-order valence-electron chi connectivity index (χ4n) is 3.66. The van der Waals surface area contributed by atoms with Crippen molar-refractivity contribution in [2.75, 3.05) is 0 Å². The highest BCUT2D eigenvalue weighted by molar-refractivity contribution is 5.95. The highest BCUT2D eigenvalue weighted by atomic mass is 16.6. The summed E-state index contributed by atoms with van der Waals surface area (Å²) in [6.07, 6.45) is -0.492. The van der Waals surface area contributed by atoms with E-state index in [9.17, 15) is 19.2 Å². The van der Waals surface area contributed by atoms with E-state index in [4.69, 9.17) is 10.5 Å². The first-order valence-corrected chi connectivity index (χ1v) is 12.3. The average Bonchev–Trinajstić information content (AvgIpc) is 2.67. The molecule has 0 spiro atoms. The van der Waals surface area contributed by atoms with Crippen molar-refractivity contribution in [3.8, 4) is 0 Å². The number of ether oxygens (including phenoxy) is 1. The summed E-state index contributed by atoms with van der Waals surface area (Å²) in [5, 5.41) is 5.45. The Morgan fingerprint density at radius 2 is 1.47 bits per heavy atom. The Kier molecular flexibility index (Phi) is 10.1. The van der Waals surface area contributed by atoms with Crippen molar-refractivity contribution in [3.63, 3.8) is 0 Å². The van der Waals surface area contributed by atoms with Crippen LogP contribution in [-0.4, -0.2) is 51.4 Å². The van der Waals surface area contributed by atoms with Gasteiger partial charge in [0.2, 0.25) is 17.7 Å². The molecule has 36 heavy (non-hydrogen) atoms. The lowest BCUT2D eigenvalue weighted by atomic mass is 9.93. The number of alkyl carbamates (subject to hydrolysis) is 1. The summed E-state index contributed by atoms with van der Waals surface area (Å²) >= 11 is 0. The third kappa shape index (κ3) is 9.87. The van der Waals surface area contributed by atoms with E-state index < -0.39 is 53.1 Å². The molecule has 0 bridgehead atoms. The number of carbonyl (C=O) groups excluding carboxylic acids is 4. The minimum Gasteiger partial charge on any atom is -0.444 e. The van der Waals surface area contributed by atoms with Crippen molar-refractivity contribution in [3.05, 3.63) is 35.4 Å². The maximum Gasteiger partial charge on any atom is 0.408 e. The van der Waals surface area contributed by atoms with Crippen LogP contribution in [0.15, 0.2) is 24.3 Å². The van der Waals surface area contributed by atoms with Crippen molar-refractivity contribution in [2.24, 2.45) is 5.73 Å². The molecule has 0 aliphatic carbocycles. The number of hydrogen-bond donors (Lipinski definition) is 3. The number of rotatable bonds is 8. The van der Waals surface area contributed by atoms with E-state index in [2.05, 4.69) is 10.6 Å². The van der Waals surface area contributed by atoms with E-state index in [1.54, 1.807) is 41.5 Å². The molecule has 4 amide bonds. The van der Waals surface area contributed by atoms with Gasteiger partial charge in [0, 0.05) is 11.1 Å². The van der Waals surface area contributed by atoms with E-state index in [-0.39, 0.29) is 5.91 Å². The Labute approximate surface area is 215 Å². The van der Waals surface area contributed by atoms with E-state index >= 15 is 0 Å². The van der Waals surface area contributed by atoms with E-state index in [1.807, 2.05) is 52.0 Å². The van der Waals surface area contributed by atoms with Crippen LogP contribution in [0.2, 0.25) is 0 Å². The SMILES string of the molecule is CCc1ccc(C(C(=O)NC(C)(C)C)N(C(=O)C(CC(N)=O)NC(=O)OC(C)(C)C)C(C)(C)C)cc1. The van der Waals surface area contributed by atoms with Gasteiger partial charge in [-0.05, 0) is 79.9 Å². The van der Waals surface area contributed by atoms with Gasteiger partial charge in [-0.25, -0.2) is 4.79 Å². The van der Waals surface area contributed by atoms with E-state index in [0.29, 0.717) is 5.56 Å². The summed E-state index contributed by atoms with van der Waals surface area (Å²) in [5.41, 5.74) is 4.87. The van der Waals surface area contributed by atoms with Gasteiger partial charge in [0.05, 0.1) is 6.42 Å². The van der Waals surface area contributed by atoms with Crippen LogP contribution in [0, 0.1) is 0 Å². The van der Waals surface area contributed by atoms with Gasteiger partial charge in [0.1, 0.15) is 17.7 Å². The lowest BCUT2D eigenvalue weighted by molar-refractivity contribution is -0.149. The van der Waals surface area contributed by atoms with Crippen molar-refractivity contribution >= 4 is 23.8 Å². The number of amides is 4. The molecule has 4 N–H and O–H groups in total. The normalized spacial score (nSPS) is 13.8. The Hall–Kier alpha value is -3.10. The molecule has 1 rings (SSSR count). The molecule has 0 saturated carbocycles. The molecule has 2 atom stereocenters. The first-order chi connectivity index (χ1) is 16.2. The van der Waals surface area contributed by atoms with Crippen LogP contribution in [0.1, 0.15) is 92.8 Å².